The SMILES string of the molecule is O=C(Nc1cc(Cl)c(O)c(Cl)c1)c1ccc(Br)cc1Br. The van der Waals surface area contributed by atoms with E-state index in [9.17, 15) is 9.90 Å². The molecule has 2 aromatic rings. The summed E-state index contributed by atoms with van der Waals surface area (Å²) in [5.74, 6) is -0.529. The normalized spacial score (nSPS) is 10.4. The zero-order valence-electron chi connectivity index (χ0n) is 9.75. The van der Waals surface area contributed by atoms with Gasteiger partial charge in [0.1, 0.15) is 0 Å². The number of carbonyl (C=O) groups is 1. The van der Waals surface area contributed by atoms with E-state index in [1.165, 1.54) is 12.1 Å². The number of hydrogen-bond donors (Lipinski definition) is 2. The number of phenolic OH excluding ortho intramolecular Hbond substituents is 1. The van der Waals surface area contributed by atoms with Gasteiger partial charge in [0, 0.05) is 14.6 Å². The summed E-state index contributed by atoms with van der Waals surface area (Å²) in [5.41, 5.74) is 0.867. The molecule has 1 amide bonds. The Hall–Kier alpha value is -0.750. The van der Waals surface area contributed by atoms with E-state index in [2.05, 4.69) is 37.2 Å². The molecule has 0 spiro atoms. The summed E-state index contributed by atoms with van der Waals surface area (Å²) >= 11 is 18.2. The second-order valence-electron chi connectivity index (χ2n) is 3.87. The maximum absolute atomic E-state index is 12.1. The highest BCUT2D eigenvalue weighted by Crippen LogP contribution is 2.35. The number of carbonyl (C=O) groups excluding carboxylic acids is 1. The van der Waals surface area contributed by atoms with Gasteiger partial charge in [-0.05, 0) is 46.3 Å². The molecule has 0 aliphatic rings. The number of phenols is 1. The van der Waals surface area contributed by atoms with Crippen molar-refractivity contribution in [2.24, 2.45) is 0 Å². The van der Waals surface area contributed by atoms with Crippen molar-refractivity contribution in [3.8, 4) is 5.75 Å². The molecule has 3 nitrogen and oxygen atoms in total. The van der Waals surface area contributed by atoms with Crippen LogP contribution < -0.4 is 5.32 Å². The summed E-state index contributed by atoms with van der Waals surface area (Å²) in [7, 11) is 0. The first kappa shape index (κ1) is 15.6. The van der Waals surface area contributed by atoms with Crippen LogP contribution >= 0.6 is 55.1 Å². The number of benzene rings is 2. The highest BCUT2D eigenvalue weighted by Gasteiger charge is 2.13. The fourth-order valence-electron chi connectivity index (χ4n) is 1.51. The predicted molar refractivity (Wildman–Crippen MR) is 87.9 cm³/mol. The van der Waals surface area contributed by atoms with E-state index < -0.39 is 0 Å². The molecule has 0 aromatic heterocycles. The van der Waals surface area contributed by atoms with Crippen LogP contribution in [0.3, 0.4) is 0 Å². The van der Waals surface area contributed by atoms with Crippen molar-refractivity contribution in [3.05, 3.63) is 54.9 Å². The smallest absolute Gasteiger partial charge is 0.256 e. The zero-order valence-corrected chi connectivity index (χ0v) is 14.4. The lowest BCUT2D eigenvalue weighted by Gasteiger charge is -2.09. The number of rotatable bonds is 2. The summed E-state index contributed by atoms with van der Waals surface area (Å²) < 4.78 is 1.51. The third kappa shape index (κ3) is 3.47. The zero-order chi connectivity index (χ0) is 14.9. The van der Waals surface area contributed by atoms with E-state index in [1.807, 2.05) is 0 Å². The minimum atomic E-state index is -0.317. The van der Waals surface area contributed by atoms with Gasteiger partial charge in [0.25, 0.3) is 5.91 Å². The van der Waals surface area contributed by atoms with Crippen LogP contribution in [0.5, 0.6) is 5.75 Å². The number of amides is 1. The molecule has 2 aromatic carbocycles. The monoisotopic (exact) mass is 437 g/mol. The average molecular weight is 440 g/mol. The molecule has 0 bridgehead atoms. The molecule has 20 heavy (non-hydrogen) atoms. The molecular weight excluding hydrogens is 433 g/mol. The number of hydrogen-bond acceptors (Lipinski definition) is 2. The van der Waals surface area contributed by atoms with Crippen LogP contribution in [0.2, 0.25) is 10.0 Å². The second-order valence-corrected chi connectivity index (χ2v) is 6.45. The van der Waals surface area contributed by atoms with Crippen molar-refractivity contribution in [1.82, 2.24) is 0 Å². The maximum atomic E-state index is 12.1. The Balaban J connectivity index is 2.28. The van der Waals surface area contributed by atoms with E-state index in [0.717, 1.165) is 4.47 Å². The third-order valence-electron chi connectivity index (χ3n) is 2.45. The Labute approximate surface area is 142 Å². The Bertz CT molecular complexity index is 669. The van der Waals surface area contributed by atoms with Gasteiger partial charge < -0.3 is 10.4 Å². The molecule has 0 saturated heterocycles. The first-order valence-corrected chi connectivity index (χ1v) is 7.67. The maximum Gasteiger partial charge on any atom is 0.256 e. The first-order chi connectivity index (χ1) is 9.38. The number of anilines is 1. The highest BCUT2D eigenvalue weighted by molar-refractivity contribution is 9.11. The van der Waals surface area contributed by atoms with Gasteiger partial charge in [-0.1, -0.05) is 39.1 Å². The minimum absolute atomic E-state index is 0.0719. The van der Waals surface area contributed by atoms with Gasteiger partial charge in [-0.25, -0.2) is 0 Å². The molecule has 0 unspecified atom stereocenters. The Morgan fingerprint density at radius 1 is 1.10 bits per heavy atom. The van der Waals surface area contributed by atoms with E-state index in [1.54, 1.807) is 18.2 Å². The number of aromatic hydroxyl groups is 1. The molecule has 0 atom stereocenters. The van der Waals surface area contributed by atoms with Crippen LogP contribution in [-0.4, -0.2) is 11.0 Å². The van der Waals surface area contributed by atoms with Gasteiger partial charge in [-0.15, -0.1) is 0 Å². The van der Waals surface area contributed by atoms with E-state index in [4.69, 9.17) is 23.2 Å². The van der Waals surface area contributed by atoms with Crippen molar-refractivity contribution in [1.29, 1.82) is 0 Å². The van der Waals surface area contributed by atoms with Crippen LogP contribution in [0.25, 0.3) is 0 Å². The van der Waals surface area contributed by atoms with Gasteiger partial charge in [0.2, 0.25) is 0 Å². The average Bonchev–Trinajstić information content (AvgIpc) is 2.35. The molecule has 0 radical (unpaired) electrons. The lowest BCUT2D eigenvalue weighted by atomic mass is 10.2. The molecular formula is C13H7Br2Cl2NO2. The van der Waals surface area contributed by atoms with Gasteiger partial charge in [0.15, 0.2) is 5.75 Å². The van der Waals surface area contributed by atoms with Crippen LogP contribution in [0.4, 0.5) is 5.69 Å². The van der Waals surface area contributed by atoms with Crippen molar-refractivity contribution in [2.75, 3.05) is 5.32 Å². The molecule has 0 saturated carbocycles. The van der Waals surface area contributed by atoms with E-state index in [-0.39, 0.29) is 21.7 Å². The number of nitrogens with one attached hydrogen (secondary N) is 1. The van der Waals surface area contributed by atoms with Gasteiger partial charge >= 0.3 is 0 Å². The van der Waals surface area contributed by atoms with Crippen LogP contribution in [-0.2, 0) is 0 Å². The van der Waals surface area contributed by atoms with Gasteiger partial charge in [-0.3, -0.25) is 4.79 Å². The van der Waals surface area contributed by atoms with Crippen molar-refractivity contribution >= 4 is 66.7 Å². The van der Waals surface area contributed by atoms with Gasteiger partial charge in [0.05, 0.1) is 15.6 Å². The summed E-state index contributed by atoms with van der Waals surface area (Å²) in [6.45, 7) is 0. The standard InChI is InChI=1S/C13H7Br2Cl2NO2/c14-6-1-2-8(9(15)3-6)13(20)18-7-4-10(16)12(19)11(17)5-7/h1-5,19H,(H,18,20). The van der Waals surface area contributed by atoms with Crippen LogP contribution in [0.15, 0.2) is 39.3 Å². The summed E-state index contributed by atoms with van der Waals surface area (Å²) in [5, 5.41) is 12.3. The Morgan fingerprint density at radius 3 is 2.25 bits per heavy atom. The van der Waals surface area contributed by atoms with Crippen molar-refractivity contribution in [3.63, 3.8) is 0 Å². The lowest BCUT2D eigenvalue weighted by Crippen LogP contribution is -2.12. The predicted octanol–water partition coefficient (Wildman–Crippen LogP) is 5.48. The Morgan fingerprint density at radius 2 is 1.70 bits per heavy atom. The molecule has 2 rings (SSSR count). The van der Waals surface area contributed by atoms with Crippen LogP contribution in [0.1, 0.15) is 10.4 Å². The van der Waals surface area contributed by atoms with E-state index in [0.29, 0.717) is 15.7 Å². The second kappa shape index (κ2) is 6.35. The molecule has 7 heteroatoms. The quantitative estimate of drug-likeness (QED) is 0.609. The molecule has 2 N–H and O–H groups in total. The Kier molecular flexibility index (Phi) is 4.96. The third-order valence-corrected chi connectivity index (χ3v) is 4.18. The van der Waals surface area contributed by atoms with Crippen LogP contribution in [0, 0.1) is 0 Å². The molecule has 0 heterocycles. The summed E-state index contributed by atoms with van der Waals surface area (Å²) in [6.07, 6.45) is 0. The van der Waals surface area contributed by atoms with Crippen molar-refractivity contribution < 1.29 is 9.90 Å². The summed E-state index contributed by atoms with van der Waals surface area (Å²) in [6, 6.07) is 8.05. The molecule has 0 fully saturated rings. The highest BCUT2D eigenvalue weighted by atomic mass is 79.9. The minimum Gasteiger partial charge on any atom is -0.505 e. The first-order valence-electron chi connectivity index (χ1n) is 5.33. The topological polar surface area (TPSA) is 49.3 Å². The lowest BCUT2D eigenvalue weighted by molar-refractivity contribution is 0.102. The molecule has 104 valence electrons. The van der Waals surface area contributed by atoms with Gasteiger partial charge in [-0.2, -0.15) is 0 Å². The fraction of sp³-hybridized carbons (Fsp3) is 0. The van der Waals surface area contributed by atoms with Crippen molar-refractivity contribution in [2.45, 2.75) is 0 Å². The molecule has 0 aliphatic carbocycles. The number of halogens is 4. The molecule has 0 aliphatic heterocycles. The fourth-order valence-corrected chi connectivity index (χ4v) is 3.22. The largest absolute Gasteiger partial charge is 0.505 e. The van der Waals surface area contributed by atoms with E-state index >= 15 is 0 Å². The summed E-state index contributed by atoms with van der Waals surface area (Å²) in [4.78, 5) is 12.1.